The summed E-state index contributed by atoms with van der Waals surface area (Å²) < 4.78 is 0. The summed E-state index contributed by atoms with van der Waals surface area (Å²) in [6.45, 7) is 5.95. The van der Waals surface area contributed by atoms with Crippen molar-refractivity contribution in [2.24, 2.45) is 0 Å². The number of carbonyl (C=O) groups excluding carboxylic acids is 1. The van der Waals surface area contributed by atoms with Crippen molar-refractivity contribution in [2.45, 2.75) is 45.2 Å². The number of aromatic nitrogens is 4. The van der Waals surface area contributed by atoms with Crippen LogP contribution in [-0.2, 0) is 5.54 Å². The molecule has 2 N–H and O–H groups in total. The molecule has 0 spiro atoms. The number of benzene rings is 1. The number of hydrogen-bond acceptors (Lipinski definition) is 4. The number of aryl methyl sites for hydroxylation is 1. The molecule has 1 fully saturated rings. The highest BCUT2D eigenvalue weighted by molar-refractivity contribution is 5.88. The van der Waals surface area contributed by atoms with Gasteiger partial charge in [0.1, 0.15) is 0 Å². The van der Waals surface area contributed by atoms with E-state index in [1.807, 2.05) is 26.0 Å². The van der Waals surface area contributed by atoms with Crippen LogP contribution in [-0.4, -0.2) is 26.2 Å². The molecule has 3 rings (SSSR count). The largest absolute Gasteiger partial charge is 0.328 e. The lowest BCUT2D eigenvalue weighted by Crippen LogP contribution is -2.38. The first-order valence-electron chi connectivity index (χ1n) is 7.45. The van der Waals surface area contributed by atoms with E-state index in [4.69, 9.17) is 0 Å². The van der Waals surface area contributed by atoms with Crippen LogP contribution in [0.2, 0.25) is 0 Å². The highest BCUT2D eigenvalue weighted by Crippen LogP contribution is 2.46. The van der Waals surface area contributed by atoms with Crippen LogP contribution in [0.1, 0.15) is 43.9 Å². The number of anilines is 1. The molecule has 7 nitrogen and oxygen atoms in total. The minimum Gasteiger partial charge on any atom is -0.328 e. The molecule has 7 heteroatoms. The van der Waals surface area contributed by atoms with E-state index in [0.29, 0.717) is 0 Å². The summed E-state index contributed by atoms with van der Waals surface area (Å²) in [7, 11) is 0. The molecule has 2 amide bonds. The molecule has 0 radical (unpaired) electrons. The van der Waals surface area contributed by atoms with E-state index >= 15 is 0 Å². The van der Waals surface area contributed by atoms with Crippen molar-refractivity contribution in [2.75, 3.05) is 5.32 Å². The minimum atomic E-state index is -0.302. The summed E-state index contributed by atoms with van der Waals surface area (Å²) in [5.74, 6) is 0.215. The van der Waals surface area contributed by atoms with Gasteiger partial charge in [-0.15, -0.1) is 5.10 Å². The van der Waals surface area contributed by atoms with Gasteiger partial charge in [-0.1, -0.05) is 29.4 Å². The fourth-order valence-corrected chi connectivity index (χ4v) is 2.54. The van der Waals surface area contributed by atoms with Crippen molar-refractivity contribution in [3.63, 3.8) is 0 Å². The first kappa shape index (κ1) is 14.5. The summed E-state index contributed by atoms with van der Waals surface area (Å²) in [4.78, 5) is 13.7. The smallest absolute Gasteiger partial charge is 0.322 e. The molecule has 1 aromatic carbocycles. The van der Waals surface area contributed by atoms with Gasteiger partial charge in [0.25, 0.3) is 5.95 Å². The van der Waals surface area contributed by atoms with Crippen molar-refractivity contribution in [3.05, 3.63) is 35.4 Å². The quantitative estimate of drug-likeness (QED) is 0.908. The monoisotopic (exact) mass is 300 g/mol. The number of tetrazole rings is 1. The Labute approximate surface area is 129 Å². The lowest BCUT2D eigenvalue weighted by molar-refractivity contribution is 0.247. The molecule has 0 saturated heterocycles. The second kappa shape index (κ2) is 5.40. The SMILES string of the molecule is Cc1ccccc1C1(NC(=O)Nc2nnn(C(C)C)n2)CC1. The predicted octanol–water partition coefficient (Wildman–Crippen LogP) is 2.37. The van der Waals surface area contributed by atoms with Gasteiger partial charge in [-0.2, -0.15) is 4.80 Å². The van der Waals surface area contributed by atoms with Gasteiger partial charge in [-0.05, 0) is 50.0 Å². The van der Waals surface area contributed by atoms with Crippen LogP contribution >= 0.6 is 0 Å². The molecule has 0 unspecified atom stereocenters. The van der Waals surface area contributed by atoms with Crippen LogP contribution in [0.5, 0.6) is 0 Å². The first-order chi connectivity index (χ1) is 10.5. The van der Waals surface area contributed by atoms with Gasteiger partial charge in [0.15, 0.2) is 0 Å². The summed E-state index contributed by atoms with van der Waals surface area (Å²) >= 11 is 0. The van der Waals surface area contributed by atoms with Gasteiger partial charge in [-0.25, -0.2) is 4.79 Å². The van der Waals surface area contributed by atoms with E-state index in [9.17, 15) is 4.79 Å². The Morgan fingerprint density at radius 3 is 2.64 bits per heavy atom. The molecule has 1 aliphatic rings. The fourth-order valence-electron chi connectivity index (χ4n) is 2.54. The van der Waals surface area contributed by atoms with Crippen molar-refractivity contribution >= 4 is 12.0 Å². The summed E-state index contributed by atoms with van der Waals surface area (Å²) in [5, 5.41) is 17.5. The topological polar surface area (TPSA) is 84.7 Å². The zero-order valence-corrected chi connectivity index (χ0v) is 13.0. The second-order valence-electron chi connectivity index (χ2n) is 6.00. The minimum absolute atomic E-state index is 0.104. The van der Waals surface area contributed by atoms with Crippen LogP contribution in [0.15, 0.2) is 24.3 Å². The van der Waals surface area contributed by atoms with E-state index in [2.05, 4.69) is 45.1 Å². The van der Waals surface area contributed by atoms with Gasteiger partial charge < -0.3 is 5.32 Å². The highest BCUT2D eigenvalue weighted by atomic mass is 16.2. The fraction of sp³-hybridized carbons (Fsp3) is 0.467. The van der Waals surface area contributed by atoms with Gasteiger partial charge >= 0.3 is 6.03 Å². The summed E-state index contributed by atoms with van der Waals surface area (Å²) in [6, 6.07) is 7.93. The molecule has 0 atom stereocenters. The predicted molar refractivity (Wildman–Crippen MR) is 82.4 cm³/mol. The van der Waals surface area contributed by atoms with E-state index in [1.54, 1.807) is 0 Å². The molecule has 116 valence electrons. The molecule has 1 saturated carbocycles. The number of urea groups is 1. The molecule has 2 aromatic rings. The third-order valence-electron chi connectivity index (χ3n) is 3.88. The normalized spacial score (nSPS) is 15.6. The first-order valence-corrected chi connectivity index (χ1v) is 7.45. The number of rotatable bonds is 4. The maximum absolute atomic E-state index is 12.2. The standard InChI is InChI=1S/C15H20N6O/c1-10(2)21-19-13(18-20-21)16-14(22)17-15(8-9-15)12-7-5-4-6-11(12)3/h4-7,10H,8-9H2,1-3H3,(H2,16,17,19,22). The van der Waals surface area contributed by atoms with Crippen molar-refractivity contribution < 1.29 is 4.79 Å². The maximum atomic E-state index is 12.2. The van der Waals surface area contributed by atoms with E-state index in [1.165, 1.54) is 15.9 Å². The Bertz CT molecular complexity index is 689. The Balaban J connectivity index is 1.68. The van der Waals surface area contributed by atoms with Crippen LogP contribution < -0.4 is 10.6 Å². The van der Waals surface area contributed by atoms with Crippen molar-refractivity contribution in [3.8, 4) is 0 Å². The summed E-state index contributed by atoms with van der Waals surface area (Å²) in [6.07, 6.45) is 1.88. The Morgan fingerprint density at radius 1 is 1.32 bits per heavy atom. The Kier molecular flexibility index (Phi) is 3.56. The molecule has 0 aliphatic heterocycles. The Hall–Kier alpha value is -2.44. The lowest BCUT2D eigenvalue weighted by atomic mass is 9.99. The van der Waals surface area contributed by atoms with E-state index in [0.717, 1.165) is 12.8 Å². The lowest BCUT2D eigenvalue weighted by Gasteiger charge is -2.19. The zero-order chi connectivity index (χ0) is 15.7. The van der Waals surface area contributed by atoms with Gasteiger partial charge in [-0.3, -0.25) is 5.32 Å². The van der Waals surface area contributed by atoms with E-state index < -0.39 is 0 Å². The van der Waals surface area contributed by atoms with Crippen molar-refractivity contribution in [1.29, 1.82) is 0 Å². The molecule has 22 heavy (non-hydrogen) atoms. The average molecular weight is 300 g/mol. The van der Waals surface area contributed by atoms with Crippen LogP contribution in [0.3, 0.4) is 0 Å². The molecular weight excluding hydrogens is 280 g/mol. The second-order valence-corrected chi connectivity index (χ2v) is 6.00. The van der Waals surface area contributed by atoms with Gasteiger partial charge in [0.05, 0.1) is 11.6 Å². The Morgan fingerprint density at radius 2 is 2.05 bits per heavy atom. The zero-order valence-electron chi connectivity index (χ0n) is 13.0. The molecule has 1 aliphatic carbocycles. The number of nitrogens with one attached hydrogen (secondary N) is 2. The average Bonchev–Trinajstić information content (AvgIpc) is 3.07. The highest BCUT2D eigenvalue weighted by Gasteiger charge is 2.46. The van der Waals surface area contributed by atoms with Crippen LogP contribution in [0.4, 0.5) is 10.7 Å². The molecular formula is C15H20N6O. The molecule has 1 aromatic heterocycles. The third kappa shape index (κ3) is 2.79. The number of carbonyl (C=O) groups is 1. The third-order valence-corrected chi connectivity index (χ3v) is 3.88. The maximum Gasteiger partial charge on any atom is 0.322 e. The number of nitrogens with zero attached hydrogens (tertiary/aromatic N) is 4. The van der Waals surface area contributed by atoms with Gasteiger partial charge in [0.2, 0.25) is 0 Å². The van der Waals surface area contributed by atoms with E-state index in [-0.39, 0.29) is 23.6 Å². The van der Waals surface area contributed by atoms with Crippen LogP contribution in [0, 0.1) is 6.92 Å². The number of amides is 2. The number of hydrogen-bond donors (Lipinski definition) is 2. The van der Waals surface area contributed by atoms with Gasteiger partial charge in [0, 0.05) is 0 Å². The van der Waals surface area contributed by atoms with Crippen LogP contribution in [0.25, 0.3) is 0 Å². The molecule has 1 heterocycles. The molecule has 0 bridgehead atoms. The summed E-state index contributed by atoms with van der Waals surface area (Å²) in [5.41, 5.74) is 2.09. The van der Waals surface area contributed by atoms with Crippen molar-refractivity contribution in [1.82, 2.24) is 25.5 Å².